The molecule has 1 aromatic carbocycles. The second-order valence-corrected chi connectivity index (χ2v) is 7.84. The van der Waals surface area contributed by atoms with E-state index >= 15 is 0 Å². The number of halogens is 1. The Hall–Kier alpha value is -1.92. The van der Waals surface area contributed by atoms with Gasteiger partial charge in [-0.2, -0.15) is 0 Å². The zero-order valence-corrected chi connectivity index (χ0v) is 16.0. The first-order valence-electron chi connectivity index (χ1n) is 10.1. The Kier molecular flexibility index (Phi) is 7.45. The molecule has 2 N–H and O–H groups in total. The van der Waals surface area contributed by atoms with Crippen LogP contribution in [-0.4, -0.2) is 41.6 Å². The van der Waals surface area contributed by atoms with Gasteiger partial charge in [0, 0.05) is 13.0 Å². The van der Waals surface area contributed by atoms with Gasteiger partial charge in [0.1, 0.15) is 24.3 Å². The highest BCUT2D eigenvalue weighted by Crippen LogP contribution is 2.49. The molecule has 2 unspecified atom stereocenters. The van der Waals surface area contributed by atoms with Crippen molar-refractivity contribution < 1.29 is 28.9 Å². The molecule has 2 aliphatic rings. The number of aliphatic carboxylic acids is 1. The molecule has 2 fully saturated rings. The Labute approximate surface area is 165 Å². The molecule has 2 aliphatic carbocycles. The Morgan fingerprint density at radius 2 is 2.04 bits per heavy atom. The molecule has 1 aromatic rings. The zero-order valence-electron chi connectivity index (χ0n) is 16.0. The maximum atomic E-state index is 12.9. The second kappa shape index (κ2) is 10.0. The molecule has 5 nitrogen and oxygen atoms in total. The SMILES string of the molecule is O=C(O)CCCOC1C[C@H]2CC[C@H](C=CC(O)COc3ccc(F)cc3)[C@@H]2C1. The van der Waals surface area contributed by atoms with Crippen LogP contribution in [0.25, 0.3) is 0 Å². The summed E-state index contributed by atoms with van der Waals surface area (Å²) in [6, 6.07) is 5.75. The molecule has 28 heavy (non-hydrogen) atoms. The largest absolute Gasteiger partial charge is 0.491 e. The van der Waals surface area contributed by atoms with Crippen LogP contribution in [0.5, 0.6) is 5.75 Å². The number of carbonyl (C=O) groups is 1. The molecule has 0 bridgehead atoms. The first kappa shape index (κ1) is 20.8. The van der Waals surface area contributed by atoms with Crippen molar-refractivity contribution in [1.29, 1.82) is 0 Å². The number of rotatable bonds is 10. The monoisotopic (exact) mass is 392 g/mol. The van der Waals surface area contributed by atoms with Crippen LogP contribution < -0.4 is 4.74 Å². The summed E-state index contributed by atoms with van der Waals surface area (Å²) in [5.74, 6) is 1.12. The molecule has 0 saturated heterocycles. The maximum Gasteiger partial charge on any atom is 0.303 e. The van der Waals surface area contributed by atoms with E-state index in [-0.39, 0.29) is 24.9 Å². The number of aliphatic hydroxyl groups is 1. The highest BCUT2D eigenvalue weighted by atomic mass is 19.1. The quantitative estimate of drug-likeness (QED) is 0.468. The van der Waals surface area contributed by atoms with Gasteiger partial charge in [0.15, 0.2) is 0 Å². The maximum absolute atomic E-state index is 12.9. The van der Waals surface area contributed by atoms with E-state index < -0.39 is 12.1 Å². The molecule has 6 heteroatoms. The minimum absolute atomic E-state index is 0.137. The Morgan fingerprint density at radius 3 is 2.79 bits per heavy atom. The van der Waals surface area contributed by atoms with E-state index in [0.717, 1.165) is 19.3 Å². The second-order valence-electron chi connectivity index (χ2n) is 7.84. The smallest absolute Gasteiger partial charge is 0.303 e. The number of aliphatic hydroxyl groups excluding tert-OH is 1. The van der Waals surface area contributed by atoms with Crippen LogP contribution >= 0.6 is 0 Å². The van der Waals surface area contributed by atoms with E-state index in [2.05, 4.69) is 6.08 Å². The van der Waals surface area contributed by atoms with Crippen LogP contribution in [0.1, 0.15) is 38.5 Å². The molecule has 0 aromatic heterocycles. The van der Waals surface area contributed by atoms with Gasteiger partial charge < -0.3 is 19.7 Å². The summed E-state index contributed by atoms with van der Waals surface area (Å²) >= 11 is 0. The summed E-state index contributed by atoms with van der Waals surface area (Å²) in [7, 11) is 0. The molecule has 3 rings (SSSR count). The fraction of sp³-hybridized carbons (Fsp3) is 0.591. The summed E-state index contributed by atoms with van der Waals surface area (Å²) in [4.78, 5) is 10.6. The fourth-order valence-electron chi connectivity index (χ4n) is 4.47. The van der Waals surface area contributed by atoms with Crippen molar-refractivity contribution >= 4 is 5.97 Å². The lowest BCUT2D eigenvalue weighted by atomic mass is 9.91. The van der Waals surface area contributed by atoms with Gasteiger partial charge in [-0.05, 0) is 74.1 Å². The summed E-state index contributed by atoms with van der Waals surface area (Å²) in [6.45, 7) is 0.647. The van der Waals surface area contributed by atoms with Gasteiger partial charge in [-0.1, -0.05) is 12.2 Å². The average molecular weight is 392 g/mol. The number of hydrogen-bond donors (Lipinski definition) is 2. The van der Waals surface area contributed by atoms with Gasteiger partial charge in [-0.25, -0.2) is 4.39 Å². The number of benzene rings is 1. The average Bonchev–Trinajstić information content (AvgIpc) is 3.23. The van der Waals surface area contributed by atoms with Crippen molar-refractivity contribution in [2.45, 2.75) is 50.7 Å². The highest BCUT2D eigenvalue weighted by molar-refractivity contribution is 5.66. The van der Waals surface area contributed by atoms with Crippen LogP contribution in [0.4, 0.5) is 4.39 Å². The van der Waals surface area contributed by atoms with E-state index in [1.807, 2.05) is 0 Å². The van der Waals surface area contributed by atoms with Crippen molar-refractivity contribution in [3.63, 3.8) is 0 Å². The predicted octanol–water partition coefficient (Wildman–Crippen LogP) is 3.81. The first-order chi connectivity index (χ1) is 13.5. The summed E-state index contributed by atoms with van der Waals surface area (Å²) in [5, 5.41) is 18.8. The van der Waals surface area contributed by atoms with Crippen molar-refractivity contribution in [3.8, 4) is 5.75 Å². The lowest BCUT2D eigenvalue weighted by Crippen LogP contribution is -2.16. The van der Waals surface area contributed by atoms with Gasteiger partial charge in [0.25, 0.3) is 0 Å². The Morgan fingerprint density at radius 1 is 1.25 bits per heavy atom. The number of fused-ring (bicyclic) bond motifs is 1. The number of allylic oxidation sites excluding steroid dienone is 1. The highest BCUT2D eigenvalue weighted by Gasteiger charge is 2.42. The van der Waals surface area contributed by atoms with Crippen molar-refractivity contribution in [2.24, 2.45) is 17.8 Å². The molecule has 2 saturated carbocycles. The van der Waals surface area contributed by atoms with Gasteiger partial charge in [0.2, 0.25) is 0 Å². The van der Waals surface area contributed by atoms with Gasteiger partial charge >= 0.3 is 5.97 Å². The van der Waals surface area contributed by atoms with Crippen molar-refractivity contribution in [3.05, 3.63) is 42.2 Å². The molecule has 0 amide bonds. The number of hydrogen-bond acceptors (Lipinski definition) is 4. The lowest BCUT2D eigenvalue weighted by molar-refractivity contribution is -0.137. The fourth-order valence-corrected chi connectivity index (χ4v) is 4.47. The molecule has 0 spiro atoms. The molecule has 154 valence electrons. The minimum Gasteiger partial charge on any atom is -0.491 e. The first-order valence-corrected chi connectivity index (χ1v) is 10.1. The normalized spacial score (nSPS) is 27.8. The summed E-state index contributed by atoms with van der Waals surface area (Å²) in [5.41, 5.74) is 0. The minimum atomic E-state index is -0.779. The summed E-state index contributed by atoms with van der Waals surface area (Å²) in [6.07, 6.45) is 8.52. The zero-order chi connectivity index (χ0) is 19.9. The molecular weight excluding hydrogens is 363 g/mol. The van der Waals surface area contributed by atoms with Gasteiger partial charge in [0.05, 0.1) is 6.10 Å². The van der Waals surface area contributed by atoms with Crippen molar-refractivity contribution in [1.82, 2.24) is 0 Å². The van der Waals surface area contributed by atoms with E-state index in [4.69, 9.17) is 14.6 Å². The van der Waals surface area contributed by atoms with Crippen LogP contribution in [0.3, 0.4) is 0 Å². The van der Waals surface area contributed by atoms with Gasteiger partial charge in [-0.3, -0.25) is 4.79 Å². The molecule has 0 heterocycles. The molecule has 0 radical (unpaired) electrons. The van der Waals surface area contributed by atoms with Crippen molar-refractivity contribution in [2.75, 3.05) is 13.2 Å². The number of carboxylic acid groups (broad SMARTS) is 1. The third-order valence-corrected chi connectivity index (χ3v) is 5.83. The number of ether oxygens (including phenoxy) is 2. The Bertz CT molecular complexity index is 659. The van der Waals surface area contributed by atoms with E-state index in [9.17, 15) is 14.3 Å². The summed E-state index contributed by atoms with van der Waals surface area (Å²) < 4.78 is 24.2. The third kappa shape index (κ3) is 6.04. The van der Waals surface area contributed by atoms with E-state index in [1.165, 1.54) is 18.6 Å². The molecule has 0 aliphatic heterocycles. The van der Waals surface area contributed by atoms with Crippen LogP contribution in [0.2, 0.25) is 0 Å². The van der Waals surface area contributed by atoms with Crippen LogP contribution in [0, 0.1) is 23.6 Å². The topological polar surface area (TPSA) is 76.0 Å². The lowest BCUT2D eigenvalue weighted by Gasteiger charge is -2.17. The van der Waals surface area contributed by atoms with E-state index in [0.29, 0.717) is 36.5 Å². The third-order valence-electron chi connectivity index (χ3n) is 5.83. The van der Waals surface area contributed by atoms with E-state index in [1.54, 1.807) is 18.2 Å². The number of carboxylic acids is 1. The molecular formula is C22H29FO5. The predicted molar refractivity (Wildman–Crippen MR) is 103 cm³/mol. The molecule has 5 atom stereocenters. The van der Waals surface area contributed by atoms with Gasteiger partial charge in [-0.15, -0.1) is 0 Å². The standard InChI is InChI=1S/C22H29FO5/c23-17-6-9-19(10-7-17)28-14-18(24)8-5-15-3-4-16-12-20(13-21(15)16)27-11-1-2-22(25)26/h5-10,15-16,18,20-21,24H,1-4,11-14H2,(H,25,26)/t15-,16-,18?,20?,21+/m1/s1. The Balaban J connectivity index is 1.39. The van der Waals surface area contributed by atoms with Crippen LogP contribution in [0.15, 0.2) is 36.4 Å². The van der Waals surface area contributed by atoms with Crippen LogP contribution in [-0.2, 0) is 9.53 Å².